The first-order chi connectivity index (χ1) is 16.0. The number of carboxylic acid groups (broad SMARTS) is 1. The van der Waals surface area contributed by atoms with Gasteiger partial charge in [0, 0.05) is 23.1 Å². The molecule has 170 valence electrons. The highest BCUT2D eigenvalue weighted by Gasteiger charge is 2.31. The molecule has 1 heterocycles. The summed E-state index contributed by atoms with van der Waals surface area (Å²) in [6.45, 7) is 0.347. The molecule has 6 heteroatoms. The average molecular weight is 448 g/mol. The molecule has 3 aromatic rings. The molecular formula is C27H25FO5. The Labute approximate surface area is 191 Å². The molecule has 2 atom stereocenters. The zero-order valence-electron chi connectivity index (χ0n) is 18.3. The van der Waals surface area contributed by atoms with Crippen LogP contribution in [-0.2, 0) is 17.6 Å². The third kappa shape index (κ3) is 4.25. The van der Waals surface area contributed by atoms with Gasteiger partial charge in [-0.05, 0) is 60.2 Å². The van der Waals surface area contributed by atoms with Crippen LogP contribution in [0.1, 0.15) is 52.7 Å². The van der Waals surface area contributed by atoms with Crippen molar-refractivity contribution in [2.24, 2.45) is 0 Å². The molecule has 0 amide bonds. The van der Waals surface area contributed by atoms with E-state index in [1.165, 1.54) is 6.07 Å². The van der Waals surface area contributed by atoms with Crippen LogP contribution in [0, 0.1) is 5.82 Å². The van der Waals surface area contributed by atoms with E-state index in [0.717, 1.165) is 34.4 Å². The van der Waals surface area contributed by atoms with Crippen LogP contribution >= 0.6 is 0 Å². The minimum absolute atomic E-state index is 0.0322. The lowest BCUT2D eigenvalue weighted by atomic mass is 9.96. The number of aliphatic carboxylic acids is 1. The second-order valence-corrected chi connectivity index (χ2v) is 8.58. The molecule has 2 unspecified atom stereocenters. The molecule has 1 aliphatic carbocycles. The van der Waals surface area contributed by atoms with Gasteiger partial charge >= 0.3 is 5.97 Å². The SMILES string of the molecule is COc1cccc(Cc2ccc(F)c3c2CCC3Oc2ccc3c(c2)OCC3CC(=O)O)c1. The predicted octanol–water partition coefficient (Wildman–Crippen LogP) is 5.44. The van der Waals surface area contributed by atoms with Crippen LogP contribution in [0.2, 0.25) is 0 Å². The Balaban J connectivity index is 1.37. The molecule has 0 radical (unpaired) electrons. The Hall–Kier alpha value is -3.54. The van der Waals surface area contributed by atoms with Crippen molar-refractivity contribution >= 4 is 5.97 Å². The molecule has 0 fully saturated rings. The van der Waals surface area contributed by atoms with Gasteiger partial charge in [0.15, 0.2) is 0 Å². The van der Waals surface area contributed by atoms with E-state index in [0.29, 0.717) is 36.5 Å². The van der Waals surface area contributed by atoms with Gasteiger partial charge in [0.25, 0.3) is 0 Å². The molecule has 33 heavy (non-hydrogen) atoms. The van der Waals surface area contributed by atoms with E-state index >= 15 is 0 Å². The van der Waals surface area contributed by atoms with E-state index in [9.17, 15) is 9.18 Å². The molecule has 1 N–H and O–H groups in total. The lowest BCUT2D eigenvalue weighted by Crippen LogP contribution is -2.07. The summed E-state index contributed by atoms with van der Waals surface area (Å²) in [6.07, 6.45) is 1.80. The number of rotatable bonds is 7. The molecular weight excluding hydrogens is 423 g/mol. The second kappa shape index (κ2) is 8.77. The summed E-state index contributed by atoms with van der Waals surface area (Å²) in [5.74, 6) is 0.789. The Kier molecular flexibility index (Phi) is 5.67. The number of ether oxygens (including phenoxy) is 3. The van der Waals surface area contributed by atoms with E-state index in [4.69, 9.17) is 19.3 Å². The van der Waals surface area contributed by atoms with Gasteiger partial charge < -0.3 is 19.3 Å². The van der Waals surface area contributed by atoms with Crippen LogP contribution < -0.4 is 14.2 Å². The first-order valence-electron chi connectivity index (χ1n) is 11.1. The van der Waals surface area contributed by atoms with Crippen molar-refractivity contribution in [2.75, 3.05) is 13.7 Å². The number of benzene rings is 3. The highest BCUT2D eigenvalue weighted by atomic mass is 19.1. The van der Waals surface area contributed by atoms with Crippen molar-refractivity contribution in [3.05, 3.63) is 88.2 Å². The molecule has 3 aromatic carbocycles. The van der Waals surface area contributed by atoms with E-state index in [2.05, 4.69) is 0 Å². The van der Waals surface area contributed by atoms with Crippen molar-refractivity contribution in [2.45, 2.75) is 37.7 Å². The van der Waals surface area contributed by atoms with Crippen LogP contribution in [0.5, 0.6) is 17.2 Å². The van der Waals surface area contributed by atoms with E-state index in [-0.39, 0.29) is 24.3 Å². The summed E-state index contributed by atoms with van der Waals surface area (Å²) < 4.78 is 32.1. The predicted molar refractivity (Wildman–Crippen MR) is 121 cm³/mol. The van der Waals surface area contributed by atoms with Gasteiger partial charge in [-0.3, -0.25) is 4.79 Å². The number of carbonyl (C=O) groups is 1. The Bertz CT molecular complexity index is 1210. The molecule has 0 aromatic heterocycles. The molecule has 0 bridgehead atoms. The third-order valence-electron chi connectivity index (χ3n) is 6.47. The second-order valence-electron chi connectivity index (χ2n) is 8.58. The third-order valence-corrected chi connectivity index (χ3v) is 6.47. The van der Waals surface area contributed by atoms with E-state index < -0.39 is 5.97 Å². The molecule has 0 saturated heterocycles. The molecule has 5 nitrogen and oxygen atoms in total. The van der Waals surface area contributed by atoms with Crippen LogP contribution in [0.4, 0.5) is 4.39 Å². The Morgan fingerprint density at radius 2 is 2.03 bits per heavy atom. The number of methoxy groups -OCH3 is 1. The maximum atomic E-state index is 14.9. The van der Waals surface area contributed by atoms with Gasteiger partial charge in [-0.15, -0.1) is 0 Å². The topological polar surface area (TPSA) is 65.0 Å². The zero-order valence-corrected chi connectivity index (χ0v) is 18.3. The molecule has 0 spiro atoms. The first-order valence-corrected chi connectivity index (χ1v) is 11.1. The summed E-state index contributed by atoms with van der Waals surface area (Å²) in [7, 11) is 1.65. The van der Waals surface area contributed by atoms with Gasteiger partial charge in [0.05, 0.1) is 20.1 Å². The minimum Gasteiger partial charge on any atom is -0.497 e. The lowest BCUT2D eigenvalue weighted by Gasteiger charge is -2.17. The van der Waals surface area contributed by atoms with Crippen molar-refractivity contribution < 1.29 is 28.5 Å². The number of carboxylic acids is 1. The molecule has 0 saturated carbocycles. The highest BCUT2D eigenvalue weighted by molar-refractivity contribution is 5.68. The monoisotopic (exact) mass is 448 g/mol. The number of halogens is 1. The maximum absolute atomic E-state index is 14.9. The summed E-state index contributed by atoms with van der Waals surface area (Å²) in [4.78, 5) is 11.1. The molecule has 2 aliphatic rings. The van der Waals surface area contributed by atoms with Gasteiger partial charge in [-0.1, -0.05) is 24.3 Å². The van der Waals surface area contributed by atoms with Crippen LogP contribution in [0.25, 0.3) is 0 Å². The highest BCUT2D eigenvalue weighted by Crippen LogP contribution is 2.42. The Morgan fingerprint density at radius 1 is 1.15 bits per heavy atom. The summed E-state index contributed by atoms with van der Waals surface area (Å²) in [5, 5.41) is 9.08. The van der Waals surface area contributed by atoms with Gasteiger partial charge in [0.1, 0.15) is 29.2 Å². The number of hydrogen-bond donors (Lipinski definition) is 1. The van der Waals surface area contributed by atoms with Crippen LogP contribution in [0.3, 0.4) is 0 Å². The van der Waals surface area contributed by atoms with E-state index in [1.807, 2.05) is 42.5 Å². The molecule has 5 rings (SSSR count). The summed E-state index contributed by atoms with van der Waals surface area (Å²) >= 11 is 0. The molecule has 1 aliphatic heterocycles. The Morgan fingerprint density at radius 3 is 2.85 bits per heavy atom. The zero-order chi connectivity index (χ0) is 22.9. The van der Waals surface area contributed by atoms with Gasteiger partial charge in [0.2, 0.25) is 0 Å². The lowest BCUT2D eigenvalue weighted by molar-refractivity contribution is -0.137. The fourth-order valence-corrected chi connectivity index (χ4v) is 4.90. The van der Waals surface area contributed by atoms with Crippen molar-refractivity contribution in [3.63, 3.8) is 0 Å². The summed E-state index contributed by atoms with van der Waals surface area (Å²) in [6, 6.07) is 16.8. The van der Waals surface area contributed by atoms with Crippen molar-refractivity contribution in [1.82, 2.24) is 0 Å². The fourth-order valence-electron chi connectivity index (χ4n) is 4.90. The number of hydrogen-bond acceptors (Lipinski definition) is 4. The van der Waals surface area contributed by atoms with Crippen molar-refractivity contribution in [1.29, 1.82) is 0 Å². The van der Waals surface area contributed by atoms with Crippen molar-refractivity contribution in [3.8, 4) is 17.2 Å². The van der Waals surface area contributed by atoms with Gasteiger partial charge in [-0.2, -0.15) is 0 Å². The minimum atomic E-state index is -0.848. The van der Waals surface area contributed by atoms with E-state index in [1.54, 1.807) is 13.2 Å². The van der Waals surface area contributed by atoms with Crippen LogP contribution in [-0.4, -0.2) is 24.8 Å². The normalized spacial score (nSPS) is 18.4. The largest absolute Gasteiger partial charge is 0.497 e. The summed E-state index contributed by atoms with van der Waals surface area (Å²) in [5.41, 5.74) is 4.73. The quantitative estimate of drug-likeness (QED) is 0.521. The first kappa shape index (κ1) is 21.3. The van der Waals surface area contributed by atoms with Crippen LogP contribution in [0.15, 0.2) is 54.6 Å². The average Bonchev–Trinajstić information content (AvgIpc) is 3.40. The van der Waals surface area contributed by atoms with Gasteiger partial charge in [-0.25, -0.2) is 4.39 Å². The smallest absolute Gasteiger partial charge is 0.304 e. The fraction of sp³-hybridized carbons (Fsp3) is 0.296. The standard InChI is InChI=1S/C27H25FO5/c1-31-19-4-2-3-16(12-19)11-17-5-9-23(28)27-22(17)8-10-24(27)33-20-6-7-21-18(13-26(29)30)15-32-25(21)14-20/h2-7,9,12,14,18,24H,8,10-11,13,15H2,1H3,(H,29,30). The number of fused-ring (bicyclic) bond motifs is 2. The maximum Gasteiger partial charge on any atom is 0.304 e.